The van der Waals surface area contributed by atoms with Crippen LogP contribution in [0.5, 0.6) is 5.75 Å². The van der Waals surface area contributed by atoms with Crippen molar-refractivity contribution in [3.05, 3.63) is 59.7 Å². The maximum absolute atomic E-state index is 11.9. The molecule has 0 unspecified atom stereocenters. The van der Waals surface area contributed by atoms with E-state index >= 15 is 0 Å². The van der Waals surface area contributed by atoms with Crippen molar-refractivity contribution in [3.8, 4) is 5.75 Å². The molecule has 0 saturated heterocycles. The Morgan fingerprint density at radius 3 is 2.25 bits per heavy atom. The summed E-state index contributed by atoms with van der Waals surface area (Å²) in [4.78, 5) is 23.7. The SMILES string of the molecule is CCCOc1ccc(NC(=O)C(=O)NCc2ccc(C)cc2)cc1. The first-order chi connectivity index (χ1) is 11.6. The highest BCUT2D eigenvalue weighted by atomic mass is 16.5. The Balaban J connectivity index is 1.82. The van der Waals surface area contributed by atoms with Gasteiger partial charge < -0.3 is 15.4 Å². The number of hydrogen-bond acceptors (Lipinski definition) is 3. The zero-order valence-corrected chi connectivity index (χ0v) is 14.0. The second-order valence-corrected chi connectivity index (χ2v) is 5.50. The number of rotatable bonds is 6. The average molecular weight is 326 g/mol. The lowest BCUT2D eigenvalue weighted by molar-refractivity contribution is -0.136. The normalized spacial score (nSPS) is 10.1. The smallest absolute Gasteiger partial charge is 0.313 e. The van der Waals surface area contributed by atoms with Gasteiger partial charge in [0.2, 0.25) is 0 Å². The number of nitrogens with one attached hydrogen (secondary N) is 2. The average Bonchev–Trinajstić information content (AvgIpc) is 2.60. The minimum absolute atomic E-state index is 0.316. The molecule has 2 N–H and O–H groups in total. The van der Waals surface area contributed by atoms with Crippen LogP contribution in [0, 0.1) is 6.92 Å². The predicted octanol–water partition coefficient (Wildman–Crippen LogP) is 3.04. The Labute approximate surface area is 142 Å². The number of carbonyl (C=O) groups excluding carboxylic acids is 2. The van der Waals surface area contributed by atoms with E-state index in [0.717, 1.165) is 23.3 Å². The standard InChI is InChI=1S/C19H22N2O3/c1-3-12-24-17-10-8-16(9-11-17)21-19(23)18(22)20-13-15-6-4-14(2)5-7-15/h4-11H,3,12-13H2,1-2H3,(H,20,22)(H,21,23). The van der Waals surface area contributed by atoms with Gasteiger partial charge in [0.1, 0.15) is 5.75 Å². The topological polar surface area (TPSA) is 67.4 Å². The van der Waals surface area contributed by atoms with Crippen molar-refractivity contribution in [2.75, 3.05) is 11.9 Å². The summed E-state index contributed by atoms with van der Waals surface area (Å²) in [6, 6.07) is 14.7. The van der Waals surface area contributed by atoms with Crippen LogP contribution in [0.25, 0.3) is 0 Å². The first-order valence-electron chi connectivity index (χ1n) is 7.96. The van der Waals surface area contributed by atoms with E-state index in [1.54, 1.807) is 24.3 Å². The third kappa shape index (κ3) is 5.43. The lowest BCUT2D eigenvalue weighted by atomic mass is 10.1. The maximum Gasteiger partial charge on any atom is 0.313 e. The van der Waals surface area contributed by atoms with Crippen molar-refractivity contribution < 1.29 is 14.3 Å². The van der Waals surface area contributed by atoms with Crippen LogP contribution in [0.3, 0.4) is 0 Å². The Hall–Kier alpha value is -2.82. The number of ether oxygens (including phenoxy) is 1. The molecule has 2 amide bonds. The van der Waals surface area contributed by atoms with E-state index in [9.17, 15) is 9.59 Å². The molecule has 2 aromatic carbocycles. The lowest BCUT2D eigenvalue weighted by Crippen LogP contribution is -2.34. The van der Waals surface area contributed by atoms with Gasteiger partial charge in [-0.05, 0) is 43.2 Å². The molecule has 0 aliphatic carbocycles. The summed E-state index contributed by atoms with van der Waals surface area (Å²) in [6.07, 6.45) is 0.930. The van der Waals surface area contributed by atoms with Crippen molar-refractivity contribution in [2.24, 2.45) is 0 Å². The fourth-order valence-electron chi connectivity index (χ4n) is 2.01. The molecule has 5 heteroatoms. The summed E-state index contributed by atoms with van der Waals surface area (Å²) in [6.45, 7) is 4.99. The lowest BCUT2D eigenvalue weighted by Gasteiger charge is -2.08. The molecule has 0 atom stereocenters. The molecule has 0 fully saturated rings. The molecule has 0 aliphatic heterocycles. The molecular weight excluding hydrogens is 304 g/mol. The summed E-state index contributed by atoms with van der Waals surface area (Å²) < 4.78 is 5.47. The quantitative estimate of drug-likeness (QED) is 0.802. The molecule has 2 aromatic rings. The van der Waals surface area contributed by atoms with Crippen LogP contribution in [-0.4, -0.2) is 18.4 Å². The molecule has 126 valence electrons. The molecule has 24 heavy (non-hydrogen) atoms. The van der Waals surface area contributed by atoms with Crippen molar-refractivity contribution in [1.82, 2.24) is 5.32 Å². The van der Waals surface area contributed by atoms with Crippen LogP contribution in [0.2, 0.25) is 0 Å². The van der Waals surface area contributed by atoms with Crippen LogP contribution < -0.4 is 15.4 Å². The Morgan fingerprint density at radius 2 is 1.62 bits per heavy atom. The van der Waals surface area contributed by atoms with Crippen LogP contribution in [0.1, 0.15) is 24.5 Å². The highest BCUT2D eigenvalue weighted by molar-refractivity contribution is 6.39. The van der Waals surface area contributed by atoms with E-state index in [1.807, 2.05) is 38.1 Å². The molecule has 2 rings (SSSR count). The van der Waals surface area contributed by atoms with Gasteiger partial charge in [-0.3, -0.25) is 9.59 Å². The summed E-state index contributed by atoms with van der Waals surface area (Å²) in [5.74, 6) is -0.620. The van der Waals surface area contributed by atoms with Gasteiger partial charge in [-0.1, -0.05) is 36.8 Å². The highest BCUT2D eigenvalue weighted by Crippen LogP contribution is 2.15. The molecule has 0 bridgehead atoms. The second kappa shape index (κ2) is 8.72. The molecular formula is C19H22N2O3. The van der Waals surface area contributed by atoms with Gasteiger partial charge in [-0.25, -0.2) is 0 Å². The zero-order valence-electron chi connectivity index (χ0n) is 14.0. The van der Waals surface area contributed by atoms with Crippen molar-refractivity contribution in [2.45, 2.75) is 26.8 Å². The maximum atomic E-state index is 11.9. The first-order valence-corrected chi connectivity index (χ1v) is 7.96. The Kier molecular flexibility index (Phi) is 6.37. The zero-order chi connectivity index (χ0) is 17.4. The van der Waals surface area contributed by atoms with Gasteiger partial charge in [-0.2, -0.15) is 0 Å². The highest BCUT2D eigenvalue weighted by Gasteiger charge is 2.13. The van der Waals surface area contributed by atoms with Gasteiger partial charge in [0.15, 0.2) is 0 Å². The fraction of sp³-hybridized carbons (Fsp3) is 0.263. The van der Waals surface area contributed by atoms with Crippen LogP contribution in [-0.2, 0) is 16.1 Å². The number of amides is 2. The fourth-order valence-corrected chi connectivity index (χ4v) is 2.01. The van der Waals surface area contributed by atoms with E-state index < -0.39 is 11.8 Å². The van der Waals surface area contributed by atoms with Crippen molar-refractivity contribution >= 4 is 17.5 Å². The summed E-state index contributed by atoms with van der Waals surface area (Å²) in [5.41, 5.74) is 2.64. The molecule has 0 radical (unpaired) electrons. The number of anilines is 1. The molecule has 0 spiro atoms. The summed E-state index contributed by atoms with van der Waals surface area (Å²) >= 11 is 0. The van der Waals surface area contributed by atoms with Gasteiger partial charge in [-0.15, -0.1) is 0 Å². The Morgan fingerprint density at radius 1 is 0.958 bits per heavy atom. The van der Waals surface area contributed by atoms with Gasteiger partial charge >= 0.3 is 11.8 Å². The van der Waals surface area contributed by atoms with Crippen LogP contribution in [0.15, 0.2) is 48.5 Å². The molecule has 5 nitrogen and oxygen atoms in total. The predicted molar refractivity (Wildman–Crippen MR) is 93.9 cm³/mol. The van der Waals surface area contributed by atoms with Gasteiger partial charge in [0, 0.05) is 12.2 Å². The number of aryl methyl sites for hydroxylation is 1. The molecule has 0 aromatic heterocycles. The molecule has 0 saturated carbocycles. The monoisotopic (exact) mass is 326 g/mol. The van der Waals surface area contributed by atoms with Crippen LogP contribution >= 0.6 is 0 Å². The third-order valence-electron chi connectivity index (χ3n) is 3.36. The number of hydrogen-bond donors (Lipinski definition) is 2. The largest absolute Gasteiger partial charge is 0.494 e. The summed E-state index contributed by atoms with van der Waals surface area (Å²) in [7, 11) is 0. The number of benzene rings is 2. The van der Waals surface area contributed by atoms with E-state index in [1.165, 1.54) is 0 Å². The van der Waals surface area contributed by atoms with Crippen LogP contribution in [0.4, 0.5) is 5.69 Å². The first kappa shape index (κ1) is 17.5. The minimum atomic E-state index is -0.690. The second-order valence-electron chi connectivity index (χ2n) is 5.50. The van der Waals surface area contributed by atoms with E-state index in [4.69, 9.17) is 4.74 Å². The van der Waals surface area contributed by atoms with E-state index in [-0.39, 0.29) is 0 Å². The Bertz CT molecular complexity index is 679. The van der Waals surface area contributed by atoms with Crippen molar-refractivity contribution in [1.29, 1.82) is 0 Å². The van der Waals surface area contributed by atoms with E-state index in [2.05, 4.69) is 10.6 Å². The van der Waals surface area contributed by atoms with Crippen molar-refractivity contribution in [3.63, 3.8) is 0 Å². The van der Waals surface area contributed by atoms with Gasteiger partial charge in [0.25, 0.3) is 0 Å². The minimum Gasteiger partial charge on any atom is -0.494 e. The number of carbonyl (C=O) groups is 2. The molecule has 0 aliphatic rings. The molecule has 0 heterocycles. The van der Waals surface area contributed by atoms with E-state index in [0.29, 0.717) is 18.8 Å². The summed E-state index contributed by atoms with van der Waals surface area (Å²) in [5, 5.41) is 5.17. The third-order valence-corrected chi connectivity index (χ3v) is 3.36. The van der Waals surface area contributed by atoms with Gasteiger partial charge in [0.05, 0.1) is 6.61 Å².